The molecule has 2 nitrogen and oxygen atoms in total. The standard InChI is InChI=1S/C18H22O2S/c1-3-6-16(19)13-15-7-4-5-8-18(15)21(20)17-11-9-14(2)10-12-17/h4-5,7-12,16,19H,3,6,13H2,1-2H3/t16-,21?/m0/s1. The van der Waals surface area contributed by atoms with E-state index in [1.54, 1.807) is 0 Å². The SMILES string of the molecule is CCC[C@H](O)Cc1ccccc1S(=O)c1ccc(C)cc1. The Morgan fingerprint density at radius 1 is 1.10 bits per heavy atom. The Labute approximate surface area is 129 Å². The highest BCUT2D eigenvalue weighted by molar-refractivity contribution is 7.85. The van der Waals surface area contributed by atoms with Crippen molar-refractivity contribution in [2.75, 3.05) is 0 Å². The van der Waals surface area contributed by atoms with E-state index < -0.39 is 10.8 Å². The molecule has 0 amide bonds. The van der Waals surface area contributed by atoms with E-state index in [0.29, 0.717) is 6.42 Å². The molecule has 0 aliphatic heterocycles. The molecule has 1 unspecified atom stereocenters. The summed E-state index contributed by atoms with van der Waals surface area (Å²) in [7, 11) is -1.20. The Morgan fingerprint density at radius 2 is 1.76 bits per heavy atom. The number of aliphatic hydroxyl groups is 1. The van der Waals surface area contributed by atoms with Gasteiger partial charge in [-0.25, -0.2) is 4.21 Å². The van der Waals surface area contributed by atoms with Crippen LogP contribution in [-0.4, -0.2) is 15.4 Å². The molecule has 0 aromatic heterocycles. The molecule has 112 valence electrons. The summed E-state index contributed by atoms with van der Waals surface area (Å²) in [5, 5.41) is 10.0. The molecule has 0 fully saturated rings. The van der Waals surface area contributed by atoms with Crippen LogP contribution in [0.2, 0.25) is 0 Å². The molecular weight excluding hydrogens is 280 g/mol. The topological polar surface area (TPSA) is 37.3 Å². The van der Waals surface area contributed by atoms with Crippen LogP contribution in [0.3, 0.4) is 0 Å². The molecule has 0 saturated heterocycles. The van der Waals surface area contributed by atoms with Crippen molar-refractivity contribution in [2.45, 2.75) is 49.0 Å². The third-order valence-corrected chi connectivity index (χ3v) is 4.98. The molecule has 0 radical (unpaired) electrons. The maximum atomic E-state index is 12.7. The van der Waals surface area contributed by atoms with Gasteiger partial charge in [0.15, 0.2) is 0 Å². The average molecular weight is 302 g/mol. The number of hydrogen-bond acceptors (Lipinski definition) is 2. The molecule has 0 aliphatic carbocycles. The summed E-state index contributed by atoms with van der Waals surface area (Å²) in [6.45, 7) is 4.07. The zero-order valence-corrected chi connectivity index (χ0v) is 13.4. The minimum atomic E-state index is -1.20. The third-order valence-electron chi connectivity index (χ3n) is 3.48. The molecule has 2 atom stereocenters. The van der Waals surface area contributed by atoms with Crippen LogP contribution >= 0.6 is 0 Å². The van der Waals surface area contributed by atoms with Crippen LogP contribution in [0, 0.1) is 6.92 Å². The number of aliphatic hydroxyl groups excluding tert-OH is 1. The van der Waals surface area contributed by atoms with Crippen molar-refractivity contribution in [3.8, 4) is 0 Å². The summed E-state index contributed by atoms with van der Waals surface area (Å²) in [4.78, 5) is 1.61. The van der Waals surface area contributed by atoms with E-state index >= 15 is 0 Å². The maximum Gasteiger partial charge on any atom is 0.0852 e. The Balaban J connectivity index is 2.26. The second kappa shape index (κ2) is 7.53. The van der Waals surface area contributed by atoms with Crippen LogP contribution in [0.15, 0.2) is 58.3 Å². The lowest BCUT2D eigenvalue weighted by Gasteiger charge is -2.13. The second-order valence-corrected chi connectivity index (χ2v) is 6.78. The van der Waals surface area contributed by atoms with Gasteiger partial charge >= 0.3 is 0 Å². The number of benzene rings is 2. The van der Waals surface area contributed by atoms with E-state index in [0.717, 1.165) is 33.8 Å². The van der Waals surface area contributed by atoms with E-state index in [2.05, 4.69) is 6.92 Å². The molecule has 3 heteroatoms. The van der Waals surface area contributed by atoms with Crippen LogP contribution in [0.25, 0.3) is 0 Å². The van der Waals surface area contributed by atoms with Crippen LogP contribution in [0.4, 0.5) is 0 Å². The highest BCUT2D eigenvalue weighted by Gasteiger charge is 2.14. The number of aryl methyl sites for hydroxylation is 1. The van der Waals surface area contributed by atoms with Crippen molar-refractivity contribution in [1.29, 1.82) is 0 Å². The molecule has 21 heavy (non-hydrogen) atoms. The van der Waals surface area contributed by atoms with Gasteiger partial charge in [0.05, 0.1) is 16.9 Å². The molecule has 0 spiro atoms. The van der Waals surface area contributed by atoms with E-state index in [9.17, 15) is 9.32 Å². The first kappa shape index (κ1) is 15.9. The van der Waals surface area contributed by atoms with Gasteiger partial charge < -0.3 is 5.11 Å². The van der Waals surface area contributed by atoms with Gasteiger partial charge in [0.2, 0.25) is 0 Å². The van der Waals surface area contributed by atoms with E-state index in [1.165, 1.54) is 0 Å². The van der Waals surface area contributed by atoms with Gasteiger partial charge in [0.25, 0.3) is 0 Å². The Morgan fingerprint density at radius 3 is 2.43 bits per heavy atom. The van der Waals surface area contributed by atoms with Crippen molar-refractivity contribution < 1.29 is 9.32 Å². The van der Waals surface area contributed by atoms with Gasteiger partial charge in [0.1, 0.15) is 0 Å². The summed E-state index contributed by atoms with van der Waals surface area (Å²) in [6, 6.07) is 15.4. The monoisotopic (exact) mass is 302 g/mol. The van der Waals surface area contributed by atoms with Gasteiger partial charge in [-0.1, -0.05) is 49.2 Å². The van der Waals surface area contributed by atoms with Gasteiger partial charge in [-0.2, -0.15) is 0 Å². The number of rotatable bonds is 6. The maximum absolute atomic E-state index is 12.7. The molecular formula is C18H22O2S. The Bertz CT molecular complexity index is 605. The van der Waals surface area contributed by atoms with Gasteiger partial charge in [-0.05, 0) is 43.5 Å². The summed E-state index contributed by atoms with van der Waals surface area (Å²) in [5.41, 5.74) is 2.12. The predicted octanol–water partition coefficient (Wildman–Crippen LogP) is 3.87. The molecule has 0 aliphatic rings. The van der Waals surface area contributed by atoms with Crippen LogP contribution < -0.4 is 0 Å². The average Bonchev–Trinajstić information content (AvgIpc) is 2.48. The van der Waals surface area contributed by atoms with E-state index in [-0.39, 0.29) is 6.10 Å². The van der Waals surface area contributed by atoms with Crippen molar-refractivity contribution in [3.05, 3.63) is 59.7 Å². The summed E-state index contributed by atoms with van der Waals surface area (Å²) < 4.78 is 12.7. The van der Waals surface area contributed by atoms with Crippen LogP contribution in [0.1, 0.15) is 30.9 Å². The predicted molar refractivity (Wildman–Crippen MR) is 86.9 cm³/mol. The molecule has 1 N–H and O–H groups in total. The molecule has 0 saturated carbocycles. The van der Waals surface area contributed by atoms with Gasteiger partial charge in [-0.15, -0.1) is 0 Å². The zero-order chi connectivity index (χ0) is 15.2. The van der Waals surface area contributed by atoms with Gasteiger partial charge in [0, 0.05) is 9.79 Å². The zero-order valence-electron chi connectivity index (χ0n) is 12.6. The minimum Gasteiger partial charge on any atom is -0.393 e. The summed E-state index contributed by atoms with van der Waals surface area (Å²) >= 11 is 0. The summed E-state index contributed by atoms with van der Waals surface area (Å²) in [5.74, 6) is 0. The van der Waals surface area contributed by atoms with Crippen molar-refractivity contribution in [3.63, 3.8) is 0 Å². The largest absolute Gasteiger partial charge is 0.393 e. The quantitative estimate of drug-likeness (QED) is 0.879. The van der Waals surface area contributed by atoms with Gasteiger partial charge in [-0.3, -0.25) is 0 Å². The normalized spacial score (nSPS) is 13.9. The smallest absolute Gasteiger partial charge is 0.0852 e. The minimum absolute atomic E-state index is 0.369. The fraction of sp³-hybridized carbons (Fsp3) is 0.333. The highest BCUT2D eigenvalue weighted by Crippen LogP contribution is 2.22. The molecule has 2 aromatic carbocycles. The Kier molecular flexibility index (Phi) is 5.71. The van der Waals surface area contributed by atoms with E-state index in [1.807, 2.05) is 55.5 Å². The first-order chi connectivity index (χ1) is 10.1. The first-order valence-electron chi connectivity index (χ1n) is 7.36. The molecule has 2 rings (SSSR count). The fourth-order valence-electron chi connectivity index (χ4n) is 2.33. The summed E-state index contributed by atoms with van der Waals surface area (Å²) in [6.07, 6.45) is 1.91. The highest BCUT2D eigenvalue weighted by atomic mass is 32.2. The lowest BCUT2D eigenvalue weighted by Crippen LogP contribution is -2.11. The third kappa shape index (κ3) is 4.26. The van der Waals surface area contributed by atoms with Crippen LogP contribution in [0.5, 0.6) is 0 Å². The Hall–Kier alpha value is -1.45. The fourth-order valence-corrected chi connectivity index (χ4v) is 3.56. The van der Waals surface area contributed by atoms with Crippen LogP contribution in [-0.2, 0) is 17.2 Å². The van der Waals surface area contributed by atoms with E-state index in [4.69, 9.17) is 0 Å². The second-order valence-electron chi connectivity index (χ2n) is 5.34. The lowest BCUT2D eigenvalue weighted by molar-refractivity contribution is 0.163. The first-order valence-corrected chi connectivity index (χ1v) is 8.51. The molecule has 0 heterocycles. The molecule has 0 bridgehead atoms. The molecule has 2 aromatic rings. The van der Waals surface area contributed by atoms with Crippen molar-refractivity contribution in [1.82, 2.24) is 0 Å². The lowest BCUT2D eigenvalue weighted by atomic mass is 10.0. The number of hydrogen-bond donors (Lipinski definition) is 1. The van der Waals surface area contributed by atoms with Crippen molar-refractivity contribution in [2.24, 2.45) is 0 Å². The van der Waals surface area contributed by atoms with Crippen molar-refractivity contribution >= 4 is 10.8 Å².